The van der Waals surface area contributed by atoms with Gasteiger partial charge in [-0.25, -0.2) is 4.79 Å². The third-order valence-electron chi connectivity index (χ3n) is 6.40. The van der Waals surface area contributed by atoms with Gasteiger partial charge in [0.2, 0.25) is 5.91 Å². The van der Waals surface area contributed by atoms with Crippen LogP contribution in [0.25, 0.3) is 0 Å². The number of carbonyl (C=O) groups excluding carboxylic acids is 3. The summed E-state index contributed by atoms with van der Waals surface area (Å²) in [7, 11) is 0. The molecule has 0 spiro atoms. The quantitative estimate of drug-likeness (QED) is 0.350. The van der Waals surface area contributed by atoms with Crippen LogP contribution < -0.4 is 10.6 Å². The molecule has 0 aromatic heterocycles. The fraction of sp³-hybridized carbons (Fsp3) is 0.516. The van der Waals surface area contributed by atoms with Gasteiger partial charge in [0.1, 0.15) is 17.7 Å². The van der Waals surface area contributed by atoms with Gasteiger partial charge in [0, 0.05) is 11.7 Å². The van der Waals surface area contributed by atoms with Crippen molar-refractivity contribution in [3.05, 3.63) is 64.2 Å². The molecule has 0 radical (unpaired) electrons. The van der Waals surface area contributed by atoms with Crippen molar-refractivity contribution in [2.24, 2.45) is 0 Å². The van der Waals surface area contributed by atoms with Gasteiger partial charge in [0.15, 0.2) is 0 Å². The van der Waals surface area contributed by atoms with Crippen LogP contribution in [0, 0.1) is 27.7 Å². The molecular formula is C31H45N3O4S. The van der Waals surface area contributed by atoms with Crippen LogP contribution in [-0.2, 0) is 14.3 Å². The van der Waals surface area contributed by atoms with E-state index in [4.69, 9.17) is 4.74 Å². The Hall–Kier alpha value is -3.00. The van der Waals surface area contributed by atoms with E-state index in [1.54, 1.807) is 37.4 Å². The van der Waals surface area contributed by atoms with Crippen LogP contribution >= 0.6 is 11.8 Å². The van der Waals surface area contributed by atoms with Gasteiger partial charge in [0.05, 0.1) is 0 Å². The van der Waals surface area contributed by atoms with Crippen molar-refractivity contribution in [1.82, 2.24) is 10.2 Å². The van der Waals surface area contributed by atoms with Crippen molar-refractivity contribution in [3.8, 4) is 0 Å². The number of benzene rings is 2. The molecular weight excluding hydrogens is 510 g/mol. The van der Waals surface area contributed by atoms with E-state index in [9.17, 15) is 14.4 Å². The molecule has 0 heterocycles. The van der Waals surface area contributed by atoms with Crippen molar-refractivity contribution in [1.29, 1.82) is 0 Å². The van der Waals surface area contributed by atoms with E-state index >= 15 is 0 Å². The second-order valence-corrected chi connectivity index (χ2v) is 12.3. The molecule has 0 saturated heterocycles. The highest BCUT2D eigenvalue weighted by Crippen LogP contribution is 2.31. The highest BCUT2D eigenvalue weighted by molar-refractivity contribution is 7.98. The van der Waals surface area contributed by atoms with Gasteiger partial charge in [-0.05, 0) is 103 Å². The molecule has 0 saturated carbocycles. The van der Waals surface area contributed by atoms with Crippen LogP contribution in [0.2, 0.25) is 0 Å². The molecule has 0 aliphatic rings. The van der Waals surface area contributed by atoms with E-state index in [0.717, 1.165) is 33.5 Å². The highest BCUT2D eigenvalue weighted by atomic mass is 32.2. The van der Waals surface area contributed by atoms with E-state index in [-0.39, 0.29) is 17.9 Å². The maximum absolute atomic E-state index is 14.3. The first kappa shape index (κ1) is 32.2. The molecule has 2 aromatic carbocycles. The third-order valence-corrected chi connectivity index (χ3v) is 7.04. The summed E-state index contributed by atoms with van der Waals surface area (Å²) in [4.78, 5) is 42.7. The van der Waals surface area contributed by atoms with E-state index in [1.165, 1.54) is 0 Å². The Labute approximate surface area is 238 Å². The Morgan fingerprint density at radius 3 is 2.13 bits per heavy atom. The molecule has 2 atom stereocenters. The molecule has 0 bridgehead atoms. The van der Waals surface area contributed by atoms with Gasteiger partial charge in [0.25, 0.3) is 5.91 Å². The number of para-hydroxylation sites is 1. The summed E-state index contributed by atoms with van der Waals surface area (Å²) in [5, 5.41) is 5.90. The first-order chi connectivity index (χ1) is 18.2. The number of anilines is 1. The van der Waals surface area contributed by atoms with E-state index in [1.807, 2.05) is 84.2 Å². The fourth-order valence-electron chi connectivity index (χ4n) is 4.48. The van der Waals surface area contributed by atoms with Gasteiger partial charge in [-0.1, -0.05) is 42.0 Å². The van der Waals surface area contributed by atoms with Crippen LogP contribution in [0.1, 0.15) is 74.9 Å². The van der Waals surface area contributed by atoms with Crippen molar-refractivity contribution >= 4 is 35.4 Å². The minimum Gasteiger partial charge on any atom is -0.444 e. The molecule has 8 heteroatoms. The van der Waals surface area contributed by atoms with Crippen molar-refractivity contribution in [2.45, 2.75) is 92.5 Å². The molecule has 3 amide bonds. The maximum atomic E-state index is 14.3. The number of carbonyl (C=O) groups is 3. The molecule has 0 aliphatic heterocycles. The van der Waals surface area contributed by atoms with Crippen molar-refractivity contribution in [3.63, 3.8) is 0 Å². The number of amides is 3. The molecule has 0 fully saturated rings. The first-order valence-electron chi connectivity index (χ1n) is 13.4. The lowest BCUT2D eigenvalue weighted by Gasteiger charge is -2.38. The molecule has 2 aromatic rings. The Morgan fingerprint density at radius 1 is 0.974 bits per heavy atom. The number of ether oxygens (including phenoxy) is 1. The maximum Gasteiger partial charge on any atom is 0.408 e. The minimum atomic E-state index is -0.909. The number of hydrogen-bond acceptors (Lipinski definition) is 5. The normalized spacial score (nSPS) is 13.0. The van der Waals surface area contributed by atoms with Gasteiger partial charge in [-0.2, -0.15) is 11.8 Å². The van der Waals surface area contributed by atoms with Crippen LogP contribution in [0.5, 0.6) is 0 Å². The minimum absolute atomic E-state index is 0.302. The number of nitrogens with one attached hydrogen (secondary N) is 2. The summed E-state index contributed by atoms with van der Waals surface area (Å²) in [6, 6.07) is 9.68. The molecule has 2 unspecified atom stereocenters. The zero-order valence-electron chi connectivity index (χ0n) is 25.1. The molecule has 39 heavy (non-hydrogen) atoms. The van der Waals surface area contributed by atoms with Crippen LogP contribution in [0.15, 0.2) is 36.4 Å². The largest absolute Gasteiger partial charge is 0.444 e. The molecule has 2 N–H and O–H groups in total. The SMILES string of the molecule is CSCCC(NC(=O)OC(C)(C)C)C(=O)N(C(C)C)C(C(=O)Nc1c(C)cccc1C)c1cc(C)ccc1C. The smallest absolute Gasteiger partial charge is 0.408 e. The number of thioether (sulfide) groups is 1. The predicted molar refractivity (Wildman–Crippen MR) is 161 cm³/mol. The second kappa shape index (κ2) is 13.9. The summed E-state index contributed by atoms with van der Waals surface area (Å²) in [6.07, 6.45) is 1.70. The van der Waals surface area contributed by atoms with Gasteiger partial charge in [-0.15, -0.1) is 0 Å². The average molecular weight is 556 g/mol. The Bertz CT molecular complexity index is 1150. The lowest BCUT2D eigenvalue weighted by atomic mass is 9.94. The fourth-order valence-corrected chi connectivity index (χ4v) is 4.95. The molecule has 214 valence electrons. The Morgan fingerprint density at radius 2 is 1.59 bits per heavy atom. The zero-order chi connectivity index (χ0) is 29.5. The molecule has 2 rings (SSSR count). The number of rotatable bonds is 10. The Balaban J connectivity index is 2.60. The lowest BCUT2D eigenvalue weighted by Crippen LogP contribution is -2.54. The van der Waals surface area contributed by atoms with Crippen LogP contribution in [-0.4, -0.2) is 52.5 Å². The average Bonchev–Trinajstić information content (AvgIpc) is 2.82. The van der Waals surface area contributed by atoms with Crippen LogP contribution in [0.4, 0.5) is 10.5 Å². The van der Waals surface area contributed by atoms with Crippen LogP contribution in [0.3, 0.4) is 0 Å². The monoisotopic (exact) mass is 555 g/mol. The van der Waals surface area contributed by atoms with E-state index < -0.39 is 23.8 Å². The third kappa shape index (κ3) is 9.02. The number of nitrogens with zero attached hydrogens (tertiary/aromatic N) is 1. The summed E-state index contributed by atoms with van der Waals surface area (Å²) >= 11 is 1.59. The second-order valence-electron chi connectivity index (χ2n) is 11.3. The summed E-state index contributed by atoms with van der Waals surface area (Å²) in [5.74, 6) is 0.0254. The van der Waals surface area contributed by atoms with Gasteiger partial charge in [-0.3, -0.25) is 9.59 Å². The van der Waals surface area contributed by atoms with Gasteiger partial charge < -0.3 is 20.3 Å². The van der Waals surface area contributed by atoms with Crippen molar-refractivity contribution < 1.29 is 19.1 Å². The predicted octanol–water partition coefficient (Wildman–Crippen LogP) is 6.48. The zero-order valence-corrected chi connectivity index (χ0v) is 25.9. The highest BCUT2D eigenvalue weighted by Gasteiger charge is 2.38. The summed E-state index contributed by atoms with van der Waals surface area (Å²) < 4.78 is 5.46. The summed E-state index contributed by atoms with van der Waals surface area (Å²) in [6.45, 7) is 16.9. The molecule has 7 nitrogen and oxygen atoms in total. The topological polar surface area (TPSA) is 87.7 Å². The van der Waals surface area contributed by atoms with E-state index in [2.05, 4.69) is 10.6 Å². The number of hydrogen-bond donors (Lipinski definition) is 2. The first-order valence-corrected chi connectivity index (χ1v) is 14.8. The van der Waals surface area contributed by atoms with Gasteiger partial charge >= 0.3 is 6.09 Å². The van der Waals surface area contributed by atoms with E-state index in [0.29, 0.717) is 12.2 Å². The standard InChI is InChI=1S/C31H45N3O4S/c1-19(2)34(29(36)25(16-17-39-10)32-30(37)38-31(7,8)9)27(24-18-20(3)14-15-21(24)4)28(35)33-26-22(5)12-11-13-23(26)6/h11-15,18-19,25,27H,16-17H2,1-10H3,(H,32,37)(H,33,35). The number of alkyl carbamates (subject to hydrolysis) is 1. The lowest BCUT2D eigenvalue weighted by molar-refractivity contribution is -0.143. The number of aryl methyl sites for hydroxylation is 4. The molecule has 0 aliphatic carbocycles. The summed E-state index contributed by atoms with van der Waals surface area (Å²) in [5.41, 5.74) is 4.55. The Kier molecular flexibility index (Phi) is 11.5. The van der Waals surface area contributed by atoms with Crippen molar-refractivity contribution in [2.75, 3.05) is 17.3 Å².